The van der Waals surface area contributed by atoms with Crippen molar-refractivity contribution in [1.82, 2.24) is 15.4 Å². The number of aliphatic imine (C=N–C) groups is 1. The maximum absolute atomic E-state index is 11.4. The van der Waals surface area contributed by atoms with Crippen molar-refractivity contribution < 1.29 is 13.2 Å². The van der Waals surface area contributed by atoms with Gasteiger partial charge in [-0.05, 0) is 44.4 Å². The molecule has 0 saturated carbocycles. The van der Waals surface area contributed by atoms with E-state index >= 15 is 0 Å². The Hall–Kier alpha value is -1.07. The van der Waals surface area contributed by atoms with E-state index in [1.165, 1.54) is 5.56 Å². The minimum Gasteiger partial charge on any atom is -0.496 e. The lowest BCUT2D eigenvalue weighted by Crippen LogP contribution is -2.39. The van der Waals surface area contributed by atoms with Crippen LogP contribution in [0.25, 0.3) is 0 Å². The zero-order valence-electron chi connectivity index (χ0n) is 16.0. The van der Waals surface area contributed by atoms with E-state index < -0.39 is 10.0 Å². The maximum atomic E-state index is 11.4. The number of nitrogens with zero attached hydrogens (tertiary/aromatic N) is 1. The minimum atomic E-state index is -3.16. The summed E-state index contributed by atoms with van der Waals surface area (Å²) in [6.45, 7) is 7.75. The number of halogens is 1. The molecule has 0 heterocycles. The van der Waals surface area contributed by atoms with Crippen LogP contribution in [-0.2, 0) is 16.4 Å². The molecule has 0 aliphatic heterocycles. The Morgan fingerprint density at radius 3 is 2.54 bits per heavy atom. The first-order valence-electron chi connectivity index (χ1n) is 8.54. The van der Waals surface area contributed by atoms with Crippen molar-refractivity contribution in [1.29, 1.82) is 0 Å². The number of hydrogen-bond acceptors (Lipinski definition) is 4. The van der Waals surface area contributed by atoms with E-state index in [2.05, 4.69) is 26.4 Å². The number of guanidine groups is 1. The van der Waals surface area contributed by atoms with Crippen LogP contribution in [0.5, 0.6) is 5.75 Å². The third-order valence-electron chi connectivity index (χ3n) is 3.61. The lowest BCUT2D eigenvalue weighted by atomic mass is 10.1. The molecule has 0 unspecified atom stereocenters. The second-order valence-electron chi connectivity index (χ2n) is 5.54. The van der Waals surface area contributed by atoms with Crippen LogP contribution >= 0.6 is 24.0 Å². The van der Waals surface area contributed by atoms with Crippen molar-refractivity contribution in [2.45, 2.75) is 27.2 Å². The predicted molar refractivity (Wildman–Crippen MR) is 118 cm³/mol. The van der Waals surface area contributed by atoms with Crippen molar-refractivity contribution in [3.63, 3.8) is 0 Å². The van der Waals surface area contributed by atoms with Gasteiger partial charge in [0, 0.05) is 19.6 Å². The first-order valence-corrected chi connectivity index (χ1v) is 10.2. The van der Waals surface area contributed by atoms with Crippen molar-refractivity contribution in [3.8, 4) is 5.75 Å². The van der Waals surface area contributed by atoms with Crippen LogP contribution in [0, 0.1) is 6.92 Å². The van der Waals surface area contributed by atoms with Crippen LogP contribution < -0.4 is 20.1 Å². The highest BCUT2D eigenvalue weighted by atomic mass is 127. The van der Waals surface area contributed by atoms with Gasteiger partial charge in [0.1, 0.15) is 5.75 Å². The van der Waals surface area contributed by atoms with Gasteiger partial charge >= 0.3 is 0 Å². The molecule has 7 nitrogen and oxygen atoms in total. The monoisotopic (exact) mass is 498 g/mol. The van der Waals surface area contributed by atoms with Crippen molar-refractivity contribution in [2.24, 2.45) is 4.99 Å². The molecule has 0 aliphatic carbocycles. The second kappa shape index (κ2) is 13.2. The zero-order chi connectivity index (χ0) is 18.7. The fourth-order valence-electron chi connectivity index (χ4n) is 2.16. The minimum absolute atomic E-state index is 0. The number of sulfonamides is 1. The van der Waals surface area contributed by atoms with Crippen molar-refractivity contribution in [3.05, 3.63) is 29.3 Å². The summed E-state index contributed by atoms with van der Waals surface area (Å²) in [6, 6.07) is 6.18. The summed E-state index contributed by atoms with van der Waals surface area (Å²) in [7, 11) is -1.49. The number of nitrogens with one attached hydrogen (secondary N) is 3. The normalized spacial score (nSPS) is 11.6. The maximum Gasteiger partial charge on any atom is 0.211 e. The van der Waals surface area contributed by atoms with Crippen LogP contribution in [0.2, 0.25) is 0 Å². The fourth-order valence-corrected chi connectivity index (χ4v) is 2.76. The van der Waals surface area contributed by atoms with Gasteiger partial charge in [-0.3, -0.25) is 4.99 Å². The van der Waals surface area contributed by atoms with Crippen LogP contribution in [0.3, 0.4) is 0 Å². The summed E-state index contributed by atoms with van der Waals surface area (Å²) in [5.41, 5.74) is 2.30. The van der Waals surface area contributed by atoms with E-state index in [0.717, 1.165) is 30.8 Å². The molecule has 0 bridgehead atoms. The molecule has 1 aromatic rings. The standard InChI is InChI=1S/C17H30N4O3S.HI/c1-5-18-17(20-11-12-21-25(22,23)6-2)19-10-9-15-8-7-14(3)16(13-15)24-4;/h7-8,13,21H,5-6,9-12H2,1-4H3,(H2,18,19,20);1H. The molecule has 0 radical (unpaired) electrons. The van der Waals surface area contributed by atoms with Gasteiger partial charge in [0.15, 0.2) is 5.96 Å². The first-order chi connectivity index (χ1) is 11.9. The quantitative estimate of drug-likeness (QED) is 0.198. The number of benzene rings is 1. The first kappa shape index (κ1) is 24.9. The summed E-state index contributed by atoms with van der Waals surface area (Å²) in [6.07, 6.45) is 0.837. The van der Waals surface area contributed by atoms with Gasteiger partial charge in [0.05, 0.1) is 19.4 Å². The number of ether oxygens (including phenoxy) is 1. The predicted octanol–water partition coefficient (Wildman–Crippen LogP) is 1.66. The Balaban J connectivity index is 0.00000625. The summed E-state index contributed by atoms with van der Waals surface area (Å²) < 4.78 is 30.6. The van der Waals surface area contributed by atoms with E-state index in [1.807, 2.05) is 26.0 Å². The van der Waals surface area contributed by atoms with Gasteiger partial charge < -0.3 is 15.4 Å². The summed E-state index contributed by atoms with van der Waals surface area (Å²) in [5, 5.41) is 6.40. The highest BCUT2D eigenvalue weighted by Gasteiger charge is 2.05. The summed E-state index contributed by atoms with van der Waals surface area (Å²) in [4.78, 5) is 4.37. The molecule has 0 spiro atoms. The average Bonchev–Trinajstić information content (AvgIpc) is 2.60. The Morgan fingerprint density at radius 1 is 1.19 bits per heavy atom. The van der Waals surface area contributed by atoms with Gasteiger partial charge in [-0.2, -0.15) is 0 Å². The number of aryl methyl sites for hydroxylation is 1. The molecule has 9 heteroatoms. The van der Waals surface area contributed by atoms with E-state index in [0.29, 0.717) is 19.0 Å². The molecule has 0 aliphatic rings. The number of hydrogen-bond donors (Lipinski definition) is 3. The number of methoxy groups -OCH3 is 1. The van der Waals surface area contributed by atoms with E-state index in [1.54, 1.807) is 14.0 Å². The molecule has 0 amide bonds. The SMILES string of the molecule is CCNC(=NCCNS(=O)(=O)CC)NCCc1ccc(C)c(OC)c1.I. The smallest absolute Gasteiger partial charge is 0.211 e. The Bertz CT molecular complexity index is 666. The van der Waals surface area contributed by atoms with Crippen LogP contribution in [0.1, 0.15) is 25.0 Å². The van der Waals surface area contributed by atoms with Gasteiger partial charge in [-0.15, -0.1) is 24.0 Å². The van der Waals surface area contributed by atoms with E-state index in [4.69, 9.17) is 4.74 Å². The topological polar surface area (TPSA) is 91.8 Å². The number of rotatable bonds is 10. The molecule has 3 N–H and O–H groups in total. The van der Waals surface area contributed by atoms with Gasteiger partial charge in [0.25, 0.3) is 0 Å². The zero-order valence-corrected chi connectivity index (χ0v) is 19.1. The molecule has 0 atom stereocenters. The lowest BCUT2D eigenvalue weighted by Gasteiger charge is -2.12. The molecular formula is C17H31IN4O3S. The van der Waals surface area contributed by atoms with Crippen LogP contribution in [-0.4, -0.2) is 53.4 Å². The Kier molecular flexibility index (Phi) is 12.6. The highest BCUT2D eigenvalue weighted by molar-refractivity contribution is 14.0. The van der Waals surface area contributed by atoms with Crippen molar-refractivity contribution in [2.75, 3.05) is 39.0 Å². The van der Waals surface area contributed by atoms with Crippen molar-refractivity contribution >= 4 is 40.0 Å². The van der Waals surface area contributed by atoms with E-state index in [9.17, 15) is 8.42 Å². The Labute approximate surface area is 174 Å². The molecule has 26 heavy (non-hydrogen) atoms. The van der Waals surface area contributed by atoms with Gasteiger partial charge in [0.2, 0.25) is 10.0 Å². The summed E-state index contributed by atoms with van der Waals surface area (Å²) >= 11 is 0. The molecule has 150 valence electrons. The van der Waals surface area contributed by atoms with Gasteiger partial charge in [-0.25, -0.2) is 13.1 Å². The van der Waals surface area contributed by atoms with Crippen LogP contribution in [0.15, 0.2) is 23.2 Å². The lowest BCUT2D eigenvalue weighted by molar-refractivity contribution is 0.411. The fraction of sp³-hybridized carbons (Fsp3) is 0.588. The Morgan fingerprint density at radius 2 is 1.92 bits per heavy atom. The molecule has 0 aromatic heterocycles. The average molecular weight is 498 g/mol. The summed E-state index contributed by atoms with van der Waals surface area (Å²) in [5.74, 6) is 1.65. The molecule has 1 aromatic carbocycles. The molecular weight excluding hydrogens is 467 g/mol. The third kappa shape index (κ3) is 9.58. The molecule has 0 fully saturated rings. The third-order valence-corrected chi connectivity index (χ3v) is 5.01. The largest absolute Gasteiger partial charge is 0.496 e. The molecule has 1 rings (SSSR count). The van der Waals surface area contributed by atoms with E-state index in [-0.39, 0.29) is 29.7 Å². The van der Waals surface area contributed by atoms with Crippen LogP contribution in [0.4, 0.5) is 0 Å². The molecule has 0 saturated heterocycles. The highest BCUT2D eigenvalue weighted by Crippen LogP contribution is 2.18. The second-order valence-corrected chi connectivity index (χ2v) is 7.63. The van der Waals surface area contributed by atoms with Gasteiger partial charge in [-0.1, -0.05) is 12.1 Å².